The van der Waals surface area contributed by atoms with Gasteiger partial charge in [0, 0.05) is 30.0 Å². The van der Waals surface area contributed by atoms with E-state index in [9.17, 15) is 9.59 Å². The van der Waals surface area contributed by atoms with Gasteiger partial charge in [0.25, 0.3) is 5.91 Å². The minimum atomic E-state index is -1.11. The van der Waals surface area contributed by atoms with E-state index < -0.39 is 18.3 Å². The van der Waals surface area contributed by atoms with E-state index in [0.717, 1.165) is 12.1 Å². The molecular formula is C15H16BrN5O3S. The number of thiazole rings is 1. The van der Waals surface area contributed by atoms with Gasteiger partial charge in [0.1, 0.15) is 11.9 Å². The Balaban J connectivity index is 1.85. The van der Waals surface area contributed by atoms with Gasteiger partial charge in [0.2, 0.25) is 0 Å². The van der Waals surface area contributed by atoms with Gasteiger partial charge in [-0.3, -0.25) is 9.78 Å². The third kappa shape index (κ3) is 4.26. The summed E-state index contributed by atoms with van der Waals surface area (Å²) < 4.78 is 0.618. The fraction of sp³-hybridized carbons (Fsp3) is 0.333. The van der Waals surface area contributed by atoms with Gasteiger partial charge in [0.15, 0.2) is 3.92 Å². The number of nitrogens with zero attached hydrogens (tertiary/aromatic N) is 3. The number of anilines is 1. The summed E-state index contributed by atoms with van der Waals surface area (Å²) in [5.41, 5.74) is 1.17. The first-order valence-electron chi connectivity index (χ1n) is 7.62. The van der Waals surface area contributed by atoms with Crippen LogP contribution < -0.4 is 15.5 Å². The zero-order valence-corrected chi connectivity index (χ0v) is 15.5. The SMILES string of the molecule is O=C(O)NC1CCCN(c2ccncc2)C1NC(=O)c1csc(Br)n1. The molecule has 25 heavy (non-hydrogen) atoms. The summed E-state index contributed by atoms with van der Waals surface area (Å²) in [5, 5.41) is 16.2. The highest BCUT2D eigenvalue weighted by Crippen LogP contribution is 2.24. The predicted octanol–water partition coefficient (Wildman–Crippen LogP) is 2.29. The molecule has 3 N–H and O–H groups in total. The van der Waals surface area contributed by atoms with Crippen molar-refractivity contribution in [2.24, 2.45) is 0 Å². The third-order valence-corrected chi connectivity index (χ3v) is 5.29. The number of piperidine rings is 1. The van der Waals surface area contributed by atoms with Crippen molar-refractivity contribution in [3.8, 4) is 0 Å². The molecule has 2 aromatic heterocycles. The smallest absolute Gasteiger partial charge is 0.405 e. The lowest BCUT2D eigenvalue weighted by Gasteiger charge is -2.42. The van der Waals surface area contributed by atoms with Gasteiger partial charge in [-0.15, -0.1) is 11.3 Å². The monoisotopic (exact) mass is 425 g/mol. The summed E-state index contributed by atoms with van der Waals surface area (Å²) in [7, 11) is 0. The molecule has 1 fully saturated rings. The molecule has 2 unspecified atom stereocenters. The van der Waals surface area contributed by atoms with E-state index >= 15 is 0 Å². The summed E-state index contributed by atoms with van der Waals surface area (Å²) in [6.45, 7) is 0.702. The second-order valence-corrected chi connectivity index (χ2v) is 7.64. The van der Waals surface area contributed by atoms with Crippen LogP contribution in [0.5, 0.6) is 0 Å². The summed E-state index contributed by atoms with van der Waals surface area (Å²) in [6.07, 6.45) is 3.15. The molecule has 3 rings (SSSR count). The van der Waals surface area contributed by atoms with Gasteiger partial charge in [-0.05, 0) is 40.9 Å². The van der Waals surface area contributed by atoms with Crippen molar-refractivity contribution in [1.82, 2.24) is 20.6 Å². The molecule has 0 aliphatic carbocycles. The fourth-order valence-corrected chi connectivity index (χ4v) is 3.86. The highest BCUT2D eigenvalue weighted by molar-refractivity contribution is 9.11. The van der Waals surface area contributed by atoms with Crippen LogP contribution >= 0.6 is 27.3 Å². The van der Waals surface area contributed by atoms with Gasteiger partial charge in [-0.25, -0.2) is 9.78 Å². The van der Waals surface area contributed by atoms with Crippen LogP contribution in [-0.2, 0) is 0 Å². The standard InChI is InChI=1S/C15H16BrN5O3S/c16-14-18-11(8-25-14)13(22)20-12-10(19-15(23)24)2-1-7-21(12)9-3-5-17-6-4-9/h3-6,8,10,12,19H,1-2,7H2,(H,20,22)(H,23,24). The zero-order valence-electron chi connectivity index (χ0n) is 13.1. The van der Waals surface area contributed by atoms with E-state index in [2.05, 4.69) is 36.5 Å². The topological polar surface area (TPSA) is 107 Å². The molecule has 0 bridgehead atoms. The molecule has 10 heteroatoms. The minimum absolute atomic E-state index is 0.297. The Morgan fingerprint density at radius 3 is 2.72 bits per heavy atom. The van der Waals surface area contributed by atoms with E-state index in [1.165, 1.54) is 11.3 Å². The fourth-order valence-electron chi connectivity index (χ4n) is 2.87. The number of pyridine rings is 1. The Hall–Kier alpha value is -2.20. The Morgan fingerprint density at radius 2 is 2.08 bits per heavy atom. The summed E-state index contributed by atoms with van der Waals surface area (Å²) in [4.78, 5) is 33.8. The number of aromatic nitrogens is 2. The van der Waals surface area contributed by atoms with Crippen LogP contribution in [0, 0.1) is 0 Å². The molecule has 1 saturated heterocycles. The molecule has 1 aliphatic heterocycles. The molecule has 2 atom stereocenters. The third-order valence-electron chi connectivity index (χ3n) is 3.92. The number of carbonyl (C=O) groups is 2. The van der Waals surface area contributed by atoms with E-state index in [1.54, 1.807) is 17.8 Å². The van der Waals surface area contributed by atoms with Crippen LogP contribution in [0.2, 0.25) is 0 Å². The maximum absolute atomic E-state index is 12.5. The number of amides is 2. The zero-order chi connectivity index (χ0) is 17.8. The number of halogens is 1. The lowest BCUT2D eigenvalue weighted by atomic mass is 10.0. The molecule has 2 amide bonds. The first-order valence-corrected chi connectivity index (χ1v) is 9.30. The molecule has 132 valence electrons. The summed E-state index contributed by atoms with van der Waals surface area (Å²) in [5.74, 6) is -0.343. The number of nitrogens with one attached hydrogen (secondary N) is 2. The van der Waals surface area contributed by atoms with Crippen molar-refractivity contribution in [2.45, 2.75) is 25.0 Å². The molecule has 0 radical (unpaired) electrons. The Morgan fingerprint density at radius 1 is 1.32 bits per heavy atom. The van der Waals surface area contributed by atoms with Gasteiger partial charge in [0.05, 0.1) is 6.04 Å². The van der Waals surface area contributed by atoms with Crippen molar-refractivity contribution in [1.29, 1.82) is 0 Å². The van der Waals surface area contributed by atoms with Crippen molar-refractivity contribution >= 4 is 45.0 Å². The number of carbonyl (C=O) groups excluding carboxylic acids is 1. The molecular weight excluding hydrogens is 410 g/mol. The molecule has 0 saturated carbocycles. The van der Waals surface area contributed by atoms with Gasteiger partial charge >= 0.3 is 6.09 Å². The van der Waals surface area contributed by atoms with Crippen molar-refractivity contribution in [2.75, 3.05) is 11.4 Å². The molecule has 8 nitrogen and oxygen atoms in total. The van der Waals surface area contributed by atoms with Crippen LogP contribution in [0.15, 0.2) is 33.8 Å². The van der Waals surface area contributed by atoms with Crippen molar-refractivity contribution < 1.29 is 14.7 Å². The molecule has 0 spiro atoms. The largest absolute Gasteiger partial charge is 0.465 e. The van der Waals surface area contributed by atoms with E-state index in [0.29, 0.717) is 22.6 Å². The second kappa shape index (κ2) is 7.79. The lowest BCUT2D eigenvalue weighted by Crippen LogP contribution is -2.63. The minimum Gasteiger partial charge on any atom is -0.465 e. The number of carboxylic acid groups (broad SMARTS) is 1. The van der Waals surface area contributed by atoms with Crippen LogP contribution in [0.4, 0.5) is 10.5 Å². The van der Waals surface area contributed by atoms with E-state index in [1.807, 2.05) is 17.0 Å². The normalized spacial score (nSPS) is 20.1. The first-order chi connectivity index (χ1) is 12.0. The summed E-state index contributed by atoms with van der Waals surface area (Å²) >= 11 is 4.56. The Labute approximate surface area is 156 Å². The lowest BCUT2D eigenvalue weighted by molar-refractivity contribution is 0.0911. The predicted molar refractivity (Wildman–Crippen MR) is 96.8 cm³/mol. The van der Waals surface area contributed by atoms with Gasteiger partial charge in [-0.2, -0.15) is 0 Å². The van der Waals surface area contributed by atoms with Crippen molar-refractivity contribution in [3.05, 3.63) is 39.5 Å². The molecule has 2 aromatic rings. The molecule has 3 heterocycles. The van der Waals surface area contributed by atoms with Crippen LogP contribution in [0.3, 0.4) is 0 Å². The van der Waals surface area contributed by atoms with Crippen LogP contribution in [0.25, 0.3) is 0 Å². The highest BCUT2D eigenvalue weighted by Gasteiger charge is 2.34. The molecule has 0 aromatic carbocycles. The number of rotatable bonds is 4. The molecule has 1 aliphatic rings. The number of hydrogen-bond acceptors (Lipinski definition) is 6. The Kier molecular flexibility index (Phi) is 5.49. The van der Waals surface area contributed by atoms with Crippen LogP contribution in [0.1, 0.15) is 23.3 Å². The summed E-state index contributed by atoms with van der Waals surface area (Å²) in [6, 6.07) is 3.24. The average Bonchev–Trinajstić information content (AvgIpc) is 3.03. The maximum Gasteiger partial charge on any atom is 0.405 e. The average molecular weight is 426 g/mol. The van der Waals surface area contributed by atoms with E-state index in [4.69, 9.17) is 5.11 Å². The van der Waals surface area contributed by atoms with Gasteiger partial charge < -0.3 is 20.6 Å². The first kappa shape index (κ1) is 17.6. The number of hydrogen-bond donors (Lipinski definition) is 3. The van der Waals surface area contributed by atoms with Gasteiger partial charge in [-0.1, -0.05) is 0 Å². The maximum atomic E-state index is 12.5. The van der Waals surface area contributed by atoms with Crippen molar-refractivity contribution in [3.63, 3.8) is 0 Å². The second-order valence-electron chi connectivity index (χ2n) is 5.50. The van der Waals surface area contributed by atoms with E-state index in [-0.39, 0.29) is 5.91 Å². The Bertz CT molecular complexity index is 757. The quantitative estimate of drug-likeness (QED) is 0.693. The van der Waals surface area contributed by atoms with Crippen LogP contribution in [-0.4, -0.2) is 45.8 Å². The highest BCUT2D eigenvalue weighted by atomic mass is 79.9.